The van der Waals surface area contributed by atoms with Crippen molar-refractivity contribution < 1.29 is 39.8 Å². The first-order chi connectivity index (χ1) is 29.8. The fraction of sp³-hybridized carbons (Fsp3) is 0.904. The van der Waals surface area contributed by atoms with Crippen molar-refractivity contribution in [3.05, 3.63) is 24.3 Å². The molecule has 360 valence electrons. The fourth-order valence-corrected chi connectivity index (χ4v) is 8.35. The molecular formula is C52H99NO8. The van der Waals surface area contributed by atoms with Crippen LogP contribution in [0.3, 0.4) is 0 Å². The lowest BCUT2D eigenvalue weighted by Gasteiger charge is -2.40. The van der Waals surface area contributed by atoms with Crippen molar-refractivity contribution >= 4 is 5.91 Å². The van der Waals surface area contributed by atoms with E-state index in [-0.39, 0.29) is 12.5 Å². The lowest BCUT2D eigenvalue weighted by atomic mass is 9.99. The van der Waals surface area contributed by atoms with Gasteiger partial charge in [-0.05, 0) is 32.1 Å². The fourth-order valence-electron chi connectivity index (χ4n) is 8.35. The van der Waals surface area contributed by atoms with Gasteiger partial charge in [-0.2, -0.15) is 0 Å². The van der Waals surface area contributed by atoms with Crippen LogP contribution in [0.4, 0.5) is 0 Å². The standard InChI is InChI=1S/C52H99NO8/c1-3-5-7-9-11-13-15-17-18-19-20-21-22-23-24-25-26-27-28-29-30-31-33-35-37-39-41-46(55)45(44-60-52-51(59)50(58)49(57)47(43-54)61-52)53-48(56)42-40-38-36-34-32-16-14-12-10-8-6-4-2/h31,33,39,41,45-47,49-52,54-55,57-59H,3-30,32,34-38,40,42-44H2,1-2H3,(H,53,56)/b33-31+,41-39+. The van der Waals surface area contributed by atoms with Crippen LogP contribution in [0.1, 0.15) is 245 Å². The lowest BCUT2D eigenvalue weighted by Crippen LogP contribution is -2.60. The number of hydrogen-bond donors (Lipinski definition) is 6. The van der Waals surface area contributed by atoms with Gasteiger partial charge in [-0.1, -0.05) is 231 Å². The Morgan fingerprint density at radius 2 is 0.934 bits per heavy atom. The van der Waals surface area contributed by atoms with Crippen LogP contribution < -0.4 is 5.32 Å². The SMILES string of the molecule is CCCCCCCCCCCCCCCCCCCCCC/C=C/CC/C=C/C(O)C(COC1OC(CO)C(O)C(O)C1O)NC(=O)CCCCCCCCCCCCCC. The molecule has 0 aromatic carbocycles. The van der Waals surface area contributed by atoms with Crippen LogP contribution in [0.25, 0.3) is 0 Å². The highest BCUT2D eigenvalue weighted by atomic mass is 16.7. The third-order valence-corrected chi connectivity index (χ3v) is 12.5. The number of unbranched alkanes of at least 4 members (excludes halogenated alkanes) is 32. The van der Waals surface area contributed by atoms with Gasteiger partial charge < -0.3 is 40.3 Å². The Kier molecular flexibility index (Phi) is 40.3. The summed E-state index contributed by atoms with van der Waals surface area (Å²) in [6, 6.07) is -0.816. The molecule has 1 amide bonds. The van der Waals surface area contributed by atoms with E-state index in [0.717, 1.165) is 38.5 Å². The first kappa shape index (κ1) is 57.7. The Bertz CT molecular complexity index is 1010. The van der Waals surface area contributed by atoms with Gasteiger partial charge in [-0.25, -0.2) is 0 Å². The molecule has 61 heavy (non-hydrogen) atoms. The van der Waals surface area contributed by atoms with Crippen molar-refractivity contribution in [3.8, 4) is 0 Å². The molecule has 1 fully saturated rings. The van der Waals surface area contributed by atoms with E-state index >= 15 is 0 Å². The zero-order valence-electron chi connectivity index (χ0n) is 39.7. The summed E-state index contributed by atoms with van der Waals surface area (Å²) in [6.45, 7) is 3.77. The summed E-state index contributed by atoms with van der Waals surface area (Å²) in [5.74, 6) is -0.185. The highest BCUT2D eigenvalue weighted by Crippen LogP contribution is 2.23. The Morgan fingerprint density at radius 3 is 1.38 bits per heavy atom. The van der Waals surface area contributed by atoms with E-state index in [0.29, 0.717) is 6.42 Å². The van der Waals surface area contributed by atoms with Gasteiger partial charge in [0, 0.05) is 6.42 Å². The molecule has 1 rings (SSSR count). The predicted molar refractivity (Wildman–Crippen MR) is 253 cm³/mol. The van der Waals surface area contributed by atoms with Crippen LogP contribution in [-0.4, -0.2) is 87.5 Å². The Balaban J connectivity index is 2.25. The second kappa shape index (κ2) is 42.6. The molecule has 9 heteroatoms. The smallest absolute Gasteiger partial charge is 0.220 e. The first-order valence-corrected chi connectivity index (χ1v) is 26.1. The number of rotatable bonds is 44. The minimum atomic E-state index is -1.57. The molecule has 1 saturated heterocycles. The minimum absolute atomic E-state index is 0.185. The van der Waals surface area contributed by atoms with E-state index in [9.17, 15) is 30.3 Å². The summed E-state index contributed by atoms with van der Waals surface area (Å²) >= 11 is 0. The van der Waals surface area contributed by atoms with Gasteiger partial charge in [0.1, 0.15) is 24.4 Å². The average Bonchev–Trinajstić information content (AvgIpc) is 3.26. The maximum absolute atomic E-state index is 12.9. The van der Waals surface area contributed by atoms with E-state index in [4.69, 9.17) is 9.47 Å². The summed E-state index contributed by atoms with van der Waals surface area (Å²) in [5.41, 5.74) is 0. The molecule has 6 N–H and O–H groups in total. The van der Waals surface area contributed by atoms with Crippen LogP contribution in [0.2, 0.25) is 0 Å². The molecule has 1 aliphatic heterocycles. The van der Waals surface area contributed by atoms with Crippen molar-refractivity contribution in [1.82, 2.24) is 5.32 Å². The van der Waals surface area contributed by atoms with Gasteiger partial charge in [0.05, 0.1) is 25.4 Å². The largest absolute Gasteiger partial charge is 0.394 e. The molecule has 0 saturated carbocycles. The predicted octanol–water partition coefficient (Wildman–Crippen LogP) is 11.8. The number of hydrogen-bond acceptors (Lipinski definition) is 8. The molecule has 0 bridgehead atoms. The molecule has 0 radical (unpaired) electrons. The molecule has 0 aliphatic carbocycles. The highest BCUT2D eigenvalue weighted by molar-refractivity contribution is 5.76. The Labute approximate surface area is 375 Å². The van der Waals surface area contributed by atoms with Crippen molar-refractivity contribution in [2.24, 2.45) is 0 Å². The molecule has 9 nitrogen and oxygen atoms in total. The van der Waals surface area contributed by atoms with E-state index < -0.39 is 49.5 Å². The Morgan fingerprint density at radius 1 is 0.541 bits per heavy atom. The molecule has 1 aliphatic rings. The molecule has 0 spiro atoms. The van der Waals surface area contributed by atoms with Gasteiger partial charge in [-0.15, -0.1) is 0 Å². The number of aliphatic hydroxyl groups excluding tert-OH is 5. The zero-order valence-corrected chi connectivity index (χ0v) is 39.7. The van der Waals surface area contributed by atoms with Crippen LogP contribution in [0.15, 0.2) is 24.3 Å². The summed E-state index contributed by atoms with van der Waals surface area (Å²) in [4.78, 5) is 12.9. The topological polar surface area (TPSA) is 149 Å². The summed E-state index contributed by atoms with van der Waals surface area (Å²) < 4.78 is 11.2. The molecule has 0 aromatic heterocycles. The van der Waals surface area contributed by atoms with Crippen molar-refractivity contribution in [3.63, 3.8) is 0 Å². The van der Waals surface area contributed by atoms with Crippen LogP contribution in [0, 0.1) is 0 Å². The summed E-state index contributed by atoms with van der Waals surface area (Å²) in [5, 5.41) is 54.2. The number of ether oxygens (including phenoxy) is 2. The summed E-state index contributed by atoms with van der Waals surface area (Å²) in [6.07, 6.45) is 45.3. The molecular weight excluding hydrogens is 767 g/mol. The number of nitrogens with one attached hydrogen (secondary N) is 1. The highest BCUT2D eigenvalue weighted by Gasteiger charge is 2.44. The average molecular weight is 866 g/mol. The number of allylic oxidation sites excluding steroid dienone is 3. The van der Waals surface area contributed by atoms with E-state index in [2.05, 4.69) is 31.3 Å². The van der Waals surface area contributed by atoms with Crippen molar-refractivity contribution in [1.29, 1.82) is 0 Å². The second-order valence-electron chi connectivity index (χ2n) is 18.3. The maximum Gasteiger partial charge on any atom is 0.220 e. The quantitative estimate of drug-likeness (QED) is 0.0262. The normalized spacial score (nSPS) is 20.5. The van der Waals surface area contributed by atoms with E-state index in [1.54, 1.807) is 6.08 Å². The number of carbonyl (C=O) groups is 1. The molecule has 7 unspecified atom stereocenters. The van der Waals surface area contributed by atoms with Crippen LogP contribution in [-0.2, 0) is 14.3 Å². The molecule has 1 heterocycles. The maximum atomic E-state index is 12.9. The van der Waals surface area contributed by atoms with Gasteiger partial charge in [-0.3, -0.25) is 4.79 Å². The van der Waals surface area contributed by atoms with Gasteiger partial charge in [0.25, 0.3) is 0 Å². The van der Waals surface area contributed by atoms with Gasteiger partial charge in [0.2, 0.25) is 5.91 Å². The van der Waals surface area contributed by atoms with Crippen LogP contribution >= 0.6 is 0 Å². The third-order valence-electron chi connectivity index (χ3n) is 12.5. The minimum Gasteiger partial charge on any atom is -0.394 e. The van der Waals surface area contributed by atoms with Gasteiger partial charge in [0.15, 0.2) is 6.29 Å². The summed E-state index contributed by atoms with van der Waals surface area (Å²) in [7, 11) is 0. The molecule has 0 aromatic rings. The Hall–Kier alpha value is -1.33. The molecule has 7 atom stereocenters. The first-order valence-electron chi connectivity index (χ1n) is 26.1. The number of carbonyl (C=O) groups excluding carboxylic acids is 1. The monoisotopic (exact) mass is 866 g/mol. The van der Waals surface area contributed by atoms with Crippen molar-refractivity contribution in [2.75, 3.05) is 13.2 Å². The number of aliphatic hydroxyl groups is 5. The number of amides is 1. The zero-order chi connectivity index (χ0) is 44.4. The lowest BCUT2D eigenvalue weighted by molar-refractivity contribution is -0.302. The van der Waals surface area contributed by atoms with Gasteiger partial charge >= 0.3 is 0 Å². The third kappa shape index (κ3) is 32.9. The van der Waals surface area contributed by atoms with Crippen molar-refractivity contribution in [2.45, 2.75) is 288 Å². The van der Waals surface area contributed by atoms with E-state index in [1.165, 1.54) is 186 Å². The van der Waals surface area contributed by atoms with Crippen LogP contribution in [0.5, 0.6) is 0 Å². The second-order valence-corrected chi connectivity index (χ2v) is 18.3. The van der Waals surface area contributed by atoms with E-state index in [1.807, 2.05) is 6.08 Å².